The van der Waals surface area contributed by atoms with Crippen LogP contribution >= 0.6 is 34.2 Å². The highest BCUT2D eigenvalue weighted by Crippen LogP contribution is 2.35. The number of amides is 1. The predicted octanol–water partition coefficient (Wildman–Crippen LogP) is 0.524. The van der Waals surface area contributed by atoms with Gasteiger partial charge in [-0.15, -0.1) is 0 Å². The number of methoxy groups -OCH3 is 1. The van der Waals surface area contributed by atoms with Crippen molar-refractivity contribution in [1.29, 1.82) is 0 Å². The fourth-order valence-electron chi connectivity index (χ4n) is 2.69. The molecule has 1 saturated heterocycles. The van der Waals surface area contributed by atoms with Crippen LogP contribution in [0.5, 0.6) is 5.75 Å². The number of carbonyl (C=O) groups is 1. The summed E-state index contributed by atoms with van der Waals surface area (Å²) in [7, 11) is 1.53. The van der Waals surface area contributed by atoms with Crippen LogP contribution in [0.1, 0.15) is 5.56 Å². The summed E-state index contributed by atoms with van der Waals surface area (Å²) < 4.78 is 6.13. The number of nitrogens with two attached hydrogens (primary N) is 1. The molecular weight excluding hydrogens is 439 g/mol. The molecule has 1 aliphatic heterocycles. The fraction of sp³-hybridized carbons (Fsp3) is 0.500. The molecule has 2 rings (SSSR count). The summed E-state index contributed by atoms with van der Waals surface area (Å²) in [6, 6.07) is 2.66. The minimum absolute atomic E-state index is 0.205. The van der Waals surface area contributed by atoms with Gasteiger partial charge in [-0.3, -0.25) is 9.63 Å². The molecule has 1 unspecified atom stereocenters. The molecule has 1 aliphatic rings. The Morgan fingerprint density at radius 1 is 1.48 bits per heavy atom. The summed E-state index contributed by atoms with van der Waals surface area (Å²) in [4.78, 5) is 17.4. The van der Waals surface area contributed by atoms with Gasteiger partial charge >= 0.3 is 0 Å². The maximum Gasteiger partial charge on any atom is 0.237 e. The number of aliphatic hydroxyl groups excluding tert-OH is 2. The molecule has 1 fully saturated rings. The van der Waals surface area contributed by atoms with Crippen LogP contribution in [0.2, 0.25) is 5.02 Å². The molecule has 0 aliphatic carbocycles. The zero-order valence-corrected chi connectivity index (χ0v) is 15.3. The van der Waals surface area contributed by atoms with Crippen molar-refractivity contribution >= 4 is 40.1 Å². The highest BCUT2D eigenvalue weighted by molar-refractivity contribution is 14.1. The Labute approximate surface area is 152 Å². The lowest BCUT2D eigenvalue weighted by Gasteiger charge is -2.23. The fourth-order valence-corrected chi connectivity index (χ4v) is 3.59. The van der Waals surface area contributed by atoms with Gasteiger partial charge in [-0.05, 0) is 28.7 Å². The topological polar surface area (TPSA) is 105 Å². The van der Waals surface area contributed by atoms with E-state index in [1.165, 1.54) is 12.2 Å². The largest absolute Gasteiger partial charge is 0.495 e. The summed E-state index contributed by atoms with van der Waals surface area (Å²) in [5.41, 5.74) is 6.19. The van der Waals surface area contributed by atoms with Crippen LogP contribution in [0, 0.1) is 9.49 Å². The Kier molecular flexibility index (Phi) is 6.46. The maximum atomic E-state index is 11.8. The number of hydroxylamine groups is 2. The first kappa shape index (κ1) is 18.7. The number of aliphatic hydroxyl groups is 2. The van der Waals surface area contributed by atoms with E-state index in [1.54, 1.807) is 12.1 Å². The van der Waals surface area contributed by atoms with Crippen molar-refractivity contribution in [3.63, 3.8) is 0 Å². The van der Waals surface area contributed by atoms with Gasteiger partial charge in [-0.1, -0.05) is 17.7 Å². The lowest BCUT2D eigenvalue weighted by Crippen LogP contribution is -2.44. The number of nitrogens with zero attached hydrogens (tertiary/aromatic N) is 1. The van der Waals surface area contributed by atoms with Crippen LogP contribution < -0.4 is 10.5 Å². The number of rotatable bonds is 6. The van der Waals surface area contributed by atoms with Crippen LogP contribution in [0.15, 0.2) is 12.1 Å². The minimum atomic E-state index is -0.838. The van der Waals surface area contributed by atoms with E-state index in [4.69, 9.17) is 26.9 Å². The molecule has 7 nitrogen and oxygen atoms in total. The summed E-state index contributed by atoms with van der Waals surface area (Å²) in [6.07, 6.45) is -0.685. The van der Waals surface area contributed by atoms with E-state index in [0.29, 0.717) is 10.8 Å². The lowest BCUT2D eigenvalue weighted by atomic mass is 9.95. The Morgan fingerprint density at radius 3 is 2.70 bits per heavy atom. The van der Waals surface area contributed by atoms with Gasteiger partial charge in [0.15, 0.2) is 0 Å². The average Bonchev–Trinajstić information content (AvgIpc) is 2.89. The van der Waals surface area contributed by atoms with Gasteiger partial charge in [-0.2, -0.15) is 5.06 Å². The molecular formula is C14H18ClIN2O5. The molecule has 23 heavy (non-hydrogen) atoms. The van der Waals surface area contributed by atoms with E-state index in [0.717, 1.165) is 9.13 Å². The summed E-state index contributed by atoms with van der Waals surface area (Å²) in [6.45, 7) is -0.428. The summed E-state index contributed by atoms with van der Waals surface area (Å²) in [5.74, 6) is -0.629. The molecule has 1 heterocycles. The second kappa shape index (κ2) is 7.95. The smallest absolute Gasteiger partial charge is 0.237 e. The SMILES string of the molecule is COc1c(CN2O[C@@H](CO)[C@@H](CO)C2C(N)=O)ccc(Cl)c1I. The Hall–Kier alpha value is -0.650. The first-order valence-corrected chi connectivity index (χ1v) is 8.35. The Bertz CT molecular complexity index is 589. The third kappa shape index (κ3) is 3.72. The van der Waals surface area contributed by atoms with Crippen LogP contribution in [0.4, 0.5) is 0 Å². The van der Waals surface area contributed by atoms with Gasteiger partial charge < -0.3 is 20.7 Å². The molecule has 0 saturated carbocycles. The van der Waals surface area contributed by atoms with Gasteiger partial charge in [0.05, 0.1) is 35.5 Å². The van der Waals surface area contributed by atoms with E-state index in [9.17, 15) is 15.0 Å². The second-order valence-electron chi connectivity index (χ2n) is 5.15. The number of benzene rings is 1. The van der Waals surface area contributed by atoms with Crippen molar-refractivity contribution in [3.05, 3.63) is 26.3 Å². The molecule has 0 spiro atoms. The van der Waals surface area contributed by atoms with Gasteiger partial charge in [0.1, 0.15) is 17.9 Å². The zero-order valence-electron chi connectivity index (χ0n) is 12.4. The first-order valence-electron chi connectivity index (χ1n) is 6.89. The maximum absolute atomic E-state index is 11.8. The normalized spacial score (nSPS) is 24.8. The minimum Gasteiger partial charge on any atom is -0.495 e. The van der Waals surface area contributed by atoms with Crippen molar-refractivity contribution in [2.45, 2.75) is 18.7 Å². The van der Waals surface area contributed by atoms with Crippen LogP contribution in [0.3, 0.4) is 0 Å². The zero-order chi connectivity index (χ0) is 17.1. The van der Waals surface area contributed by atoms with Crippen molar-refractivity contribution in [2.24, 2.45) is 11.7 Å². The molecule has 0 aromatic heterocycles. The predicted molar refractivity (Wildman–Crippen MR) is 91.8 cm³/mol. The van der Waals surface area contributed by atoms with Gasteiger partial charge in [0.25, 0.3) is 0 Å². The molecule has 128 valence electrons. The van der Waals surface area contributed by atoms with Crippen LogP contribution in [0.25, 0.3) is 0 Å². The van der Waals surface area contributed by atoms with E-state index >= 15 is 0 Å². The third-order valence-corrected chi connectivity index (χ3v) is 5.51. The molecule has 1 amide bonds. The van der Waals surface area contributed by atoms with Crippen LogP contribution in [-0.2, 0) is 16.2 Å². The summed E-state index contributed by atoms with van der Waals surface area (Å²) in [5, 5.41) is 20.8. The van der Waals surface area contributed by atoms with Crippen molar-refractivity contribution in [3.8, 4) is 5.75 Å². The van der Waals surface area contributed by atoms with E-state index in [1.807, 2.05) is 0 Å². The third-order valence-electron chi connectivity index (χ3n) is 3.81. The molecule has 1 aromatic carbocycles. The van der Waals surface area contributed by atoms with Gasteiger partial charge in [0, 0.05) is 11.5 Å². The monoisotopic (exact) mass is 456 g/mol. The molecule has 4 N–H and O–H groups in total. The quantitative estimate of drug-likeness (QED) is 0.539. The Morgan fingerprint density at radius 2 is 2.17 bits per heavy atom. The molecule has 1 aromatic rings. The number of halogens is 2. The standard InChI is InChI=1S/C14H18ClIN2O5/c1-22-13-7(2-3-9(15)11(13)16)4-18-12(14(17)21)8(5-19)10(6-20)23-18/h2-3,8,10,12,19-20H,4-6H2,1H3,(H2,17,21)/t8-,10+,12?/m1/s1. The first-order chi connectivity index (χ1) is 10.9. The number of primary amides is 1. The van der Waals surface area contributed by atoms with E-state index in [2.05, 4.69) is 22.6 Å². The lowest BCUT2D eigenvalue weighted by molar-refractivity contribution is -0.180. The number of hydrogen-bond donors (Lipinski definition) is 3. The second-order valence-corrected chi connectivity index (χ2v) is 6.63. The van der Waals surface area contributed by atoms with Crippen molar-refractivity contribution < 1.29 is 24.6 Å². The highest BCUT2D eigenvalue weighted by Gasteiger charge is 2.46. The highest BCUT2D eigenvalue weighted by atomic mass is 127. The Balaban J connectivity index is 2.31. The summed E-state index contributed by atoms with van der Waals surface area (Å²) >= 11 is 8.15. The average molecular weight is 457 g/mol. The van der Waals surface area contributed by atoms with Crippen molar-refractivity contribution in [2.75, 3.05) is 20.3 Å². The van der Waals surface area contributed by atoms with E-state index < -0.39 is 24.0 Å². The molecule has 9 heteroatoms. The van der Waals surface area contributed by atoms with Crippen LogP contribution in [-0.4, -0.2) is 53.7 Å². The number of hydrogen-bond acceptors (Lipinski definition) is 6. The van der Waals surface area contributed by atoms with Gasteiger partial charge in [-0.25, -0.2) is 0 Å². The molecule has 0 bridgehead atoms. The van der Waals surface area contributed by atoms with Crippen molar-refractivity contribution in [1.82, 2.24) is 5.06 Å². The number of ether oxygens (including phenoxy) is 1. The van der Waals surface area contributed by atoms with E-state index in [-0.39, 0.29) is 19.8 Å². The number of carbonyl (C=O) groups excluding carboxylic acids is 1. The molecule has 0 radical (unpaired) electrons. The van der Waals surface area contributed by atoms with Gasteiger partial charge in [0.2, 0.25) is 5.91 Å². The molecule has 3 atom stereocenters.